The first-order chi connectivity index (χ1) is 10.3. The topological polar surface area (TPSA) is 67.4 Å². The first-order valence-corrected chi connectivity index (χ1v) is 6.83. The molecule has 1 aromatic carbocycles. The summed E-state index contributed by atoms with van der Waals surface area (Å²) in [5, 5.41) is 2.88. The maximum absolute atomic E-state index is 12.7. The molecule has 1 aromatic heterocycles. The Morgan fingerprint density at radius 1 is 1.29 bits per heavy atom. The molecule has 0 fully saturated rings. The van der Waals surface area contributed by atoms with Crippen molar-refractivity contribution in [2.75, 3.05) is 30.4 Å². The zero-order valence-electron chi connectivity index (χ0n) is 11.7. The number of carbonyl (C=O) groups is 1. The number of rotatable bonds is 2. The maximum Gasteiger partial charge on any atom is 0.278 e. The van der Waals surface area contributed by atoms with Crippen molar-refractivity contribution in [2.24, 2.45) is 0 Å². The highest BCUT2D eigenvalue weighted by molar-refractivity contribution is 6.05. The summed E-state index contributed by atoms with van der Waals surface area (Å²) in [6.45, 7) is 1.20. The van der Waals surface area contributed by atoms with E-state index in [9.17, 15) is 4.79 Å². The monoisotopic (exact) mass is 284 g/mol. The van der Waals surface area contributed by atoms with Gasteiger partial charge in [0.15, 0.2) is 0 Å². The van der Waals surface area contributed by atoms with Gasteiger partial charge >= 0.3 is 0 Å². The Hall–Kier alpha value is -2.63. The molecular weight excluding hydrogens is 268 g/mol. The second-order valence-electron chi connectivity index (χ2n) is 4.66. The van der Waals surface area contributed by atoms with Crippen LogP contribution in [0.25, 0.3) is 0 Å². The summed E-state index contributed by atoms with van der Waals surface area (Å²) in [6, 6.07) is 7.54. The van der Waals surface area contributed by atoms with E-state index in [0.29, 0.717) is 24.7 Å². The van der Waals surface area contributed by atoms with Crippen molar-refractivity contribution in [1.82, 2.24) is 9.97 Å². The molecule has 0 bridgehead atoms. The largest absolute Gasteiger partial charge is 0.491 e. The average Bonchev–Trinajstić information content (AvgIpc) is 2.77. The Labute approximate surface area is 122 Å². The number of carbonyl (C=O) groups excluding carboxylic acids is 1. The van der Waals surface area contributed by atoms with Crippen molar-refractivity contribution in [1.29, 1.82) is 0 Å². The predicted molar refractivity (Wildman–Crippen MR) is 79.8 cm³/mol. The van der Waals surface area contributed by atoms with Gasteiger partial charge in [0, 0.05) is 13.6 Å². The Morgan fingerprint density at radius 3 is 2.90 bits per heavy atom. The highest BCUT2D eigenvalue weighted by atomic mass is 16.5. The van der Waals surface area contributed by atoms with Crippen molar-refractivity contribution in [2.45, 2.75) is 6.42 Å². The molecule has 0 aliphatic carbocycles. The second kappa shape index (κ2) is 5.78. The smallest absolute Gasteiger partial charge is 0.278 e. The molecule has 0 atom stereocenters. The zero-order valence-corrected chi connectivity index (χ0v) is 11.7. The van der Waals surface area contributed by atoms with Crippen LogP contribution in [0.4, 0.5) is 11.5 Å². The molecule has 1 aliphatic rings. The van der Waals surface area contributed by atoms with Crippen molar-refractivity contribution < 1.29 is 9.53 Å². The Morgan fingerprint density at radius 2 is 2.14 bits per heavy atom. The first kappa shape index (κ1) is 13.4. The molecule has 1 aliphatic heterocycles. The van der Waals surface area contributed by atoms with Gasteiger partial charge in [0.25, 0.3) is 5.91 Å². The van der Waals surface area contributed by atoms with E-state index in [0.717, 1.165) is 17.9 Å². The molecule has 0 spiro atoms. The van der Waals surface area contributed by atoms with Gasteiger partial charge in [0.1, 0.15) is 17.3 Å². The molecule has 0 radical (unpaired) electrons. The quantitative estimate of drug-likeness (QED) is 0.913. The van der Waals surface area contributed by atoms with Gasteiger partial charge in [-0.25, -0.2) is 9.97 Å². The van der Waals surface area contributed by atoms with Gasteiger partial charge in [-0.05, 0) is 18.6 Å². The molecule has 108 valence electrons. The molecule has 6 nitrogen and oxygen atoms in total. The summed E-state index contributed by atoms with van der Waals surface area (Å²) in [5.41, 5.74) is 1.10. The fourth-order valence-electron chi connectivity index (χ4n) is 2.24. The van der Waals surface area contributed by atoms with E-state index in [1.54, 1.807) is 18.1 Å². The van der Waals surface area contributed by atoms with E-state index in [2.05, 4.69) is 15.3 Å². The van der Waals surface area contributed by atoms with E-state index < -0.39 is 0 Å². The van der Waals surface area contributed by atoms with Gasteiger partial charge in [-0.2, -0.15) is 0 Å². The molecule has 0 saturated carbocycles. The average molecular weight is 284 g/mol. The summed E-state index contributed by atoms with van der Waals surface area (Å²) in [6.07, 6.45) is 3.82. The molecule has 0 unspecified atom stereocenters. The summed E-state index contributed by atoms with van der Waals surface area (Å²) in [4.78, 5) is 22.7. The van der Waals surface area contributed by atoms with Gasteiger partial charge in [0.05, 0.1) is 24.7 Å². The van der Waals surface area contributed by atoms with E-state index in [4.69, 9.17) is 4.74 Å². The zero-order chi connectivity index (χ0) is 14.7. The normalized spacial score (nSPS) is 13.9. The van der Waals surface area contributed by atoms with E-state index in [-0.39, 0.29) is 5.91 Å². The minimum Gasteiger partial charge on any atom is -0.491 e. The van der Waals surface area contributed by atoms with Crippen LogP contribution in [0.3, 0.4) is 0 Å². The van der Waals surface area contributed by atoms with E-state index >= 15 is 0 Å². The molecule has 2 aromatic rings. The summed E-state index contributed by atoms with van der Waals surface area (Å²) in [5.74, 6) is 1.19. The number of anilines is 2. The van der Waals surface area contributed by atoms with Crippen molar-refractivity contribution in [3.63, 3.8) is 0 Å². The van der Waals surface area contributed by atoms with Gasteiger partial charge < -0.3 is 15.0 Å². The maximum atomic E-state index is 12.7. The van der Waals surface area contributed by atoms with Crippen LogP contribution >= 0.6 is 0 Å². The van der Waals surface area contributed by atoms with Crippen molar-refractivity contribution in [3.05, 3.63) is 42.4 Å². The van der Waals surface area contributed by atoms with Crippen molar-refractivity contribution >= 4 is 17.4 Å². The summed E-state index contributed by atoms with van der Waals surface area (Å²) in [7, 11) is 1.76. The first-order valence-electron chi connectivity index (χ1n) is 6.83. The molecular formula is C15H16N4O2. The van der Waals surface area contributed by atoms with Crippen LogP contribution in [-0.4, -0.2) is 36.1 Å². The second-order valence-corrected chi connectivity index (χ2v) is 4.66. The third-order valence-corrected chi connectivity index (χ3v) is 3.31. The summed E-state index contributed by atoms with van der Waals surface area (Å²) >= 11 is 0. The fraction of sp³-hybridized carbons (Fsp3) is 0.267. The number of ether oxygens (including phenoxy) is 1. The van der Waals surface area contributed by atoms with Crippen LogP contribution in [0.2, 0.25) is 0 Å². The summed E-state index contributed by atoms with van der Waals surface area (Å²) < 4.78 is 5.66. The third-order valence-electron chi connectivity index (χ3n) is 3.31. The predicted octanol–water partition coefficient (Wildman–Crippen LogP) is 1.95. The van der Waals surface area contributed by atoms with E-state index in [1.165, 1.54) is 6.20 Å². The minimum absolute atomic E-state index is 0.164. The molecule has 3 rings (SSSR count). The Kier molecular flexibility index (Phi) is 3.68. The van der Waals surface area contributed by atoms with Crippen LogP contribution < -0.4 is 15.0 Å². The Bertz CT molecular complexity index is 642. The number of benzene rings is 1. The van der Waals surface area contributed by atoms with Crippen LogP contribution in [0.15, 0.2) is 36.7 Å². The van der Waals surface area contributed by atoms with Crippen LogP contribution in [0, 0.1) is 0 Å². The fourth-order valence-corrected chi connectivity index (χ4v) is 2.24. The molecule has 21 heavy (non-hydrogen) atoms. The number of fused-ring (bicyclic) bond motifs is 1. The van der Waals surface area contributed by atoms with Crippen LogP contribution in [-0.2, 0) is 0 Å². The third kappa shape index (κ3) is 2.65. The highest BCUT2D eigenvalue weighted by Gasteiger charge is 2.24. The SMILES string of the molecule is CNc1cnc(C(=O)N2CCCOc3ccccc32)cn1. The standard InChI is InChI=1S/C15H16N4O2/c1-16-14-10-17-11(9-18-14)15(20)19-7-4-8-21-13-6-3-2-5-12(13)19/h2-3,5-6,9-10H,4,7-8H2,1H3,(H,16,18). The lowest BCUT2D eigenvalue weighted by molar-refractivity contribution is 0.0982. The van der Waals surface area contributed by atoms with Gasteiger partial charge in [0.2, 0.25) is 0 Å². The van der Waals surface area contributed by atoms with Crippen LogP contribution in [0.5, 0.6) is 5.75 Å². The molecule has 1 N–H and O–H groups in total. The van der Waals surface area contributed by atoms with Gasteiger partial charge in [-0.1, -0.05) is 12.1 Å². The van der Waals surface area contributed by atoms with E-state index in [1.807, 2.05) is 24.3 Å². The Balaban J connectivity index is 1.93. The van der Waals surface area contributed by atoms with Crippen LogP contribution in [0.1, 0.15) is 16.9 Å². The number of amides is 1. The van der Waals surface area contributed by atoms with Gasteiger partial charge in [-0.3, -0.25) is 4.79 Å². The number of hydrogen-bond acceptors (Lipinski definition) is 5. The number of hydrogen-bond donors (Lipinski definition) is 1. The number of para-hydroxylation sites is 2. The molecule has 2 heterocycles. The number of aromatic nitrogens is 2. The number of nitrogens with one attached hydrogen (secondary N) is 1. The molecule has 0 saturated heterocycles. The minimum atomic E-state index is -0.164. The molecule has 6 heteroatoms. The lowest BCUT2D eigenvalue weighted by Crippen LogP contribution is -2.32. The molecule has 1 amide bonds. The highest BCUT2D eigenvalue weighted by Crippen LogP contribution is 2.31. The lowest BCUT2D eigenvalue weighted by atomic mass is 10.2. The number of nitrogens with zero attached hydrogens (tertiary/aromatic N) is 3. The van der Waals surface area contributed by atoms with Gasteiger partial charge in [-0.15, -0.1) is 0 Å². The lowest BCUT2D eigenvalue weighted by Gasteiger charge is -2.21. The van der Waals surface area contributed by atoms with Crippen molar-refractivity contribution in [3.8, 4) is 5.75 Å².